The van der Waals surface area contributed by atoms with Gasteiger partial charge in [0.2, 0.25) is 5.91 Å². The minimum Gasteiger partial charge on any atom is -0.329 e. The third-order valence-electron chi connectivity index (χ3n) is 5.52. The summed E-state index contributed by atoms with van der Waals surface area (Å²) in [5.41, 5.74) is 1.66. The SMILES string of the molecule is O=C1C[C@H](c2ccc(C(F)(F)F)cc2)C2=C(C[C@@H](c3ccccc3Cl)CC2=O)N1. The molecular weight excluding hydrogens is 403 g/mol. The molecule has 0 fully saturated rings. The zero-order valence-electron chi connectivity index (χ0n) is 15.2. The summed E-state index contributed by atoms with van der Waals surface area (Å²) in [4.78, 5) is 25.3. The van der Waals surface area contributed by atoms with Crippen LogP contribution < -0.4 is 5.32 Å². The molecule has 1 heterocycles. The molecule has 0 saturated carbocycles. The maximum atomic E-state index is 13.0. The Labute approximate surface area is 170 Å². The number of hydrogen-bond acceptors (Lipinski definition) is 2. The predicted octanol–water partition coefficient (Wildman–Crippen LogP) is 5.36. The van der Waals surface area contributed by atoms with Crippen LogP contribution in [0.15, 0.2) is 59.8 Å². The van der Waals surface area contributed by atoms with E-state index in [1.807, 2.05) is 18.2 Å². The molecule has 0 saturated heterocycles. The van der Waals surface area contributed by atoms with Gasteiger partial charge in [0.05, 0.1) is 5.56 Å². The van der Waals surface area contributed by atoms with Crippen molar-refractivity contribution in [2.45, 2.75) is 37.3 Å². The van der Waals surface area contributed by atoms with Crippen LogP contribution >= 0.6 is 11.6 Å². The second-order valence-electron chi connectivity index (χ2n) is 7.37. The maximum Gasteiger partial charge on any atom is 0.416 e. The van der Waals surface area contributed by atoms with Crippen LogP contribution in [0, 0.1) is 0 Å². The Balaban J connectivity index is 1.69. The first-order valence-electron chi connectivity index (χ1n) is 9.21. The highest BCUT2D eigenvalue weighted by molar-refractivity contribution is 6.31. The fourth-order valence-corrected chi connectivity index (χ4v) is 4.47. The van der Waals surface area contributed by atoms with Crippen LogP contribution in [0.3, 0.4) is 0 Å². The standard InChI is InChI=1S/C22H17ClF3NO2/c23-17-4-2-1-3-15(17)13-9-18-21(19(28)10-13)16(11-20(29)27-18)12-5-7-14(8-6-12)22(24,25)26/h1-8,13,16H,9-11H2,(H,27,29)/t13-,16-/m1/s1. The molecule has 1 aliphatic heterocycles. The molecule has 2 aromatic rings. The highest BCUT2D eigenvalue weighted by atomic mass is 35.5. The topological polar surface area (TPSA) is 46.2 Å². The molecule has 3 nitrogen and oxygen atoms in total. The van der Waals surface area contributed by atoms with E-state index in [4.69, 9.17) is 11.6 Å². The van der Waals surface area contributed by atoms with Gasteiger partial charge in [-0.25, -0.2) is 0 Å². The van der Waals surface area contributed by atoms with E-state index in [-0.39, 0.29) is 30.4 Å². The minimum absolute atomic E-state index is 0.0344. The number of ketones is 1. The van der Waals surface area contributed by atoms with Crippen LogP contribution in [0.5, 0.6) is 0 Å². The summed E-state index contributed by atoms with van der Waals surface area (Å²) in [6.07, 6.45) is -3.70. The summed E-state index contributed by atoms with van der Waals surface area (Å²) in [7, 11) is 0. The van der Waals surface area contributed by atoms with Gasteiger partial charge in [-0.05, 0) is 41.7 Å². The predicted molar refractivity (Wildman–Crippen MR) is 102 cm³/mol. The van der Waals surface area contributed by atoms with E-state index < -0.39 is 17.7 Å². The van der Waals surface area contributed by atoms with E-state index in [1.165, 1.54) is 12.1 Å². The number of carbonyl (C=O) groups is 2. The maximum absolute atomic E-state index is 13.0. The number of rotatable bonds is 2. The Bertz CT molecular complexity index is 1010. The number of amides is 1. The monoisotopic (exact) mass is 419 g/mol. The van der Waals surface area contributed by atoms with Gasteiger partial charge in [0, 0.05) is 35.1 Å². The van der Waals surface area contributed by atoms with Crippen molar-refractivity contribution in [1.29, 1.82) is 0 Å². The zero-order chi connectivity index (χ0) is 20.8. The largest absolute Gasteiger partial charge is 0.416 e. The van der Waals surface area contributed by atoms with Crippen LogP contribution in [-0.4, -0.2) is 11.7 Å². The molecule has 29 heavy (non-hydrogen) atoms. The summed E-state index contributed by atoms with van der Waals surface area (Å²) in [6, 6.07) is 12.0. The van der Waals surface area contributed by atoms with Crippen LogP contribution in [0.1, 0.15) is 47.8 Å². The summed E-state index contributed by atoms with van der Waals surface area (Å²) in [5, 5.41) is 3.37. The molecular formula is C22H17ClF3NO2. The van der Waals surface area contributed by atoms with Crippen LogP contribution in [-0.2, 0) is 15.8 Å². The second-order valence-corrected chi connectivity index (χ2v) is 7.77. The Morgan fingerprint density at radius 2 is 1.62 bits per heavy atom. The highest BCUT2D eigenvalue weighted by Gasteiger charge is 2.39. The molecule has 1 amide bonds. The average molecular weight is 420 g/mol. The Hall–Kier alpha value is -2.60. The number of hydrogen-bond donors (Lipinski definition) is 1. The molecule has 0 spiro atoms. The number of carbonyl (C=O) groups excluding carboxylic acids is 2. The molecule has 0 unspecified atom stereocenters. The quantitative estimate of drug-likeness (QED) is 0.712. The van der Waals surface area contributed by atoms with Gasteiger partial charge >= 0.3 is 6.18 Å². The van der Waals surface area contributed by atoms with Crippen molar-refractivity contribution in [2.24, 2.45) is 0 Å². The van der Waals surface area contributed by atoms with Gasteiger partial charge in [-0.1, -0.05) is 41.9 Å². The molecule has 2 atom stereocenters. The lowest BCUT2D eigenvalue weighted by Gasteiger charge is -2.34. The normalized spacial score (nSPS) is 22.3. The minimum atomic E-state index is -4.43. The van der Waals surface area contributed by atoms with Crippen molar-refractivity contribution in [3.8, 4) is 0 Å². The fourth-order valence-electron chi connectivity index (χ4n) is 4.18. The third kappa shape index (κ3) is 3.81. The smallest absolute Gasteiger partial charge is 0.329 e. The summed E-state index contributed by atoms with van der Waals surface area (Å²) in [6.45, 7) is 0. The van der Waals surface area contributed by atoms with Crippen molar-refractivity contribution in [3.05, 3.63) is 81.5 Å². The Morgan fingerprint density at radius 3 is 2.28 bits per heavy atom. The van der Waals surface area contributed by atoms with Crippen molar-refractivity contribution in [3.63, 3.8) is 0 Å². The van der Waals surface area contributed by atoms with Crippen LogP contribution in [0.4, 0.5) is 13.2 Å². The number of nitrogens with one attached hydrogen (secondary N) is 1. The van der Waals surface area contributed by atoms with Gasteiger partial charge in [-0.3, -0.25) is 9.59 Å². The highest BCUT2D eigenvalue weighted by Crippen LogP contribution is 2.44. The first-order chi connectivity index (χ1) is 13.7. The lowest BCUT2D eigenvalue weighted by Crippen LogP contribution is -2.38. The van der Waals surface area contributed by atoms with E-state index in [0.717, 1.165) is 17.7 Å². The van der Waals surface area contributed by atoms with Gasteiger partial charge in [-0.15, -0.1) is 0 Å². The fraction of sp³-hybridized carbons (Fsp3) is 0.273. The van der Waals surface area contributed by atoms with Gasteiger partial charge in [0.25, 0.3) is 0 Å². The molecule has 150 valence electrons. The van der Waals surface area contributed by atoms with E-state index in [1.54, 1.807) is 6.07 Å². The lowest BCUT2D eigenvalue weighted by atomic mass is 9.73. The molecule has 4 rings (SSSR count). The summed E-state index contributed by atoms with van der Waals surface area (Å²) >= 11 is 6.28. The molecule has 7 heteroatoms. The first kappa shape index (κ1) is 19.7. The van der Waals surface area contributed by atoms with Gasteiger partial charge in [-0.2, -0.15) is 13.2 Å². The second kappa shape index (κ2) is 7.34. The number of halogens is 4. The van der Waals surface area contributed by atoms with Gasteiger partial charge < -0.3 is 5.32 Å². The number of Topliss-reactive ketones (excluding diaryl/α,β-unsaturated/α-hetero) is 1. The van der Waals surface area contributed by atoms with Gasteiger partial charge in [0.15, 0.2) is 5.78 Å². The number of alkyl halides is 3. The van der Waals surface area contributed by atoms with Crippen molar-refractivity contribution < 1.29 is 22.8 Å². The number of benzene rings is 2. The number of allylic oxidation sites excluding steroid dienone is 2. The molecule has 1 N–H and O–H groups in total. The lowest BCUT2D eigenvalue weighted by molar-refractivity contribution is -0.137. The third-order valence-corrected chi connectivity index (χ3v) is 5.87. The molecule has 2 aliphatic rings. The Kier molecular flexibility index (Phi) is 4.99. The zero-order valence-corrected chi connectivity index (χ0v) is 16.0. The average Bonchev–Trinajstić information content (AvgIpc) is 2.66. The van der Waals surface area contributed by atoms with E-state index in [9.17, 15) is 22.8 Å². The van der Waals surface area contributed by atoms with Crippen molar-refractivity contribution >= 4 is 23.3 Å². The Morgan fingerprint density at radius 1 is 0.931 bits per heavy atom. The molecule has 1 aliphatic carbocycles. The van der Waals surface area contributed by atoms with E-state index in [0.29, 0.717) is 28.3 Å². The van der Waals surface area contributed by atoms with Gasteiger partial charge in [0.1, 0.15) is 0 Å². The molecule has 0 bridgehead atoms. The molecule has 0 aromatic heterocycles. The van der Waals surface area contributed by atoms with Crippen molar-refractivity contribution in [2.75, 3.05) is 0 Å². The molecule has 0 radical (unpaired) electrons. The first-order valence-corrected chi connectivity index (χ1v) is 9.59. The van der Waals surface area contributed by atoms with Crippen LogP contribution in [0.2, 0.25) is 5.02 Å². The van der Waals surface area contributed by atoms with E-state index >= 15 is 0 Å². The van der Waals surface area contributed by atoms with E-state index in [2.05, 4.69) is 5.32 Å². The molecule has 2 aromatic carbocycles. The summed E-state index contributed by atoms with van der Waals surface area (Å²) in [5.74, 6) is -1.05. The van der Waals surface area contributed by atoms with Crippen molar-refractivity contribution in [1.82, 2.24) is 5.32 Å². The summed E-state index contributed by atoms with van der Waals surface area (Å²) < 4.78 is 38.6. The van der Waals surface area contributed by atoms with Crippen LogP contribution in [0.25, 0.3) is 0 Å².